The van der Waals surface area contributed by atoms with Crippen LogP contribution >= 0.6 is 15.9 Å². The van der Waals surface area contributed by atoms with Gasteiger partial charge in [0.25, 0.3) is 0 Å². The van der Waals surface area contributed by atoms with Gasteiger partial charge in [-0.1, -0.05) is 15.9 Å². The van der Waals surface area contributed by atoms with Crippen LogP contribution in [-0.2, 0) is 0 Å². The van der Waals surface area contributed by atoms with Gasteiger partial charge < -0.3 is 10.1 Å². The molecule has 0 aromatic heterocycles. The lowest BCUT2D eigenvalue weighted by atomic mass is 10.1. The van der Waals surface area contributed by atoms with Crippen LogP contribution in [0, 0.1) is 0 Å². The zero-order valence-corrected chi connectivity index (χ0v) is 12.6. The Morgan fingerprint density at radius 3 is 2.35 bits per heavy atom. The summed E-state index contributed by atoms with van der Waals surface area (Å²) in [6.45, 7) is 0. The van der Waals surface area contributed by atoms with Crippen molar-refractivity contribution >= 4 is 27.4 Å². The second kappa shape index (κ2) is 6.91. The van der Waals surface area contributed by atoms with Crippen molar-refractivity contribution in [2.24, 2.45) is 0 Å². The molecule has 0 fully saturated rings. The maximum absolute atomic E-state index is 11.9. The van der Waals surface area contributed by atoms with Gasteiger partial charge in [0.2, 0.25) is 0 Å². The summed E-state index contributed by atoms with van der Waals surface area (Å²) in [6, 6.07) is 14.7. The highest BCUT2D eigenvalue weighted by Gasteiger charge is 2.01. The molecular weight excluding hydrogens is 318 g/mol. The first-order valence-corrected chi connectivity index (χ1v) is 6.85. The summed E-state index contributed by atoms with van der Waals surface area (Å²) >= 11 is 3.37. The van der Waals surface area contributed by atoms with Crippen LogP contribution in [0.5, 0.6) is 5.75 Å². The molecule has 1 N–H and O–H groups in total. The van der Waals surface area contributed by atoms with Crippen LogP contribution < -0.4 is 10.1 Å². The molecule has 0 atom stereocenters. The summed E-state index contributed by atoms with van der Waals surface area (Å²) in [5, 5.41) is 3.05. The van der Waals surface area contributed by atoms with Crippen molar-refractivity contribution in [3.63, 3.8) is 0 Å². The third kappa shape index (κ3) is 3.96. The Bertz CT molecular complexity index is 603. The Kier molecular flexibility index (Phi) is 4.96. The van der Waals surface area contributed by atoms with Crippen molar-refractivity contribution < 1.29 is 9.53 Å². The monoisotopic (exact) mass is 331 g/mol. The van der Waals surface area contributed by atoms with E-state index in [9.17, 15) is 4.79 Å². The van der Waals surface area contributed by atoms with Gasteiger partial charge in [0.05, 0.1) is 7.11 Å². The Labute approximate surface area is 126 Å². The molecule has 2 aromatic carbocycles. The predicted octanol–water partition coefficient (Wildman–Crippen LogP) is 4.27. The molecule has 20 heavy (non-hydrogen) atoms. The lowest BCUT2D eigenvalue weighted by Crippen LogP contribution is -1.96. The molecule has 102 valence electrons. The van der Waals surface area contributed by atoms with Gasteiger partial charge >= 0.3 is 0 Å². The molecule has 0 bridgehead atoms. The third-order valence-electron chi connectivity index (χ3n) is 2.70. The number of methoxy groups -OCH3 is 1. The number of allylic oxidation sites excluding steroid dienone is 1. The highest BCUT2D eigenvalue weighted by atomic mass is 79.9. The Morgan fingerprint density at radius 2 is 1.75 bits per heavy atom. The van der Waals surface area contributed by atoms with Crippen LogP contribution in [0.1, 0.15) is 10.4 Å². The van der Waals surface area contributed by atoms with Crippen LogP contribution in [0.25, 0.3) is 0 Å². The molecular formula is C16H14BrNO2. The third-order valence-corrected chi connectivity index (χ3v) is 3.23. The van der Waals surface area contributed by atoms with Crippen molar-refractivity contribution in [1.82, 2.24) is 0 Å². The number of ketones is 1. The van der Waals surface area contributed by atoms with Gasteiger partial charge in [0.15, 0.2) is 5.78 Å². The van der Waals surface area contributed by atoms with Gasteiger partial charge in [-0.05, 0) is 48.5 Å². The van der Waals surface area contributed by atoms with E-state index in [0.717, 1.165) is 15.9 Å². The van der Waals surface area contributed by atoms with E-state index in [4.69, 9.17) is 4.74 Å². The molecule has 0 amide bonds. The Balaban J connectivity index is 1.96. The summed E-state index contributed by atoms with van der Waals surface area (Å²) < 4.78 is 6.07. The minimum absolute atomic E-state index is 0.0581. The lowest BCUT2D eigenvalue weighted by molar-refractivity contribution is 0.104. The van der Waals surface area contributed by atoms with Crippen LogP contribution in [0.2, 0.25) is 0 Å². The molecule has 0 radical (unpaired) electrons. The van der Waals surface area contributed by atoms with Crippen molar-refractivity contribution in [3.8, 4) is 5.75 Å². The van der Waals surface area contributed by atoms with E-state index in [1.165, 1.54) is 6.08 Å². The first-order valence-electron chi connectivity index (χ1n) is 6.06. The molecule has 0 saturated heterocycles. The number of halogens is 1. The molecule has 0 unspecified atom stereocenters. The minimum atomic E-state index is -0.0581. The second-order valence-corrected chi connectivity index (χ2v) is 4.99. The first kappa shape index (κ1) is 14.3. The molecule has 0 heterocycles. The van der Waals surface area contributed by atoms with Crippen LogP contribution in [0.3, 0.4) is 0 Å². The number of hydrogen-bond donors (Lipinski definition) is 1. The molecule has 4 heteroatoms. The minimum Gasteiger partial charge on any atom is -0.497 e. The molecule has 0 spiro atoms. The Morgan fingerprint density at radius 1 is 1.10 bits per heavy atom. The zero-order chi connectivity index (χ0) is 14.4. The van der Waals surface area contributed by atoms with Gasteiger partial charge in [-0.25, -0.2) is 0 Å². The fourth-order valence-corrected chi connectivity index (χ4v) is 1.88. The van der Waals surface area contributed by atoms with E-state index in [-0.39, 0.29) is 5.78 Å². The number of rotatable bonds is 5. The smallest absolute Gasteiger partial charge is 0.187 e. The quantitative estimate of drug-likeness (QED) is 0.656. The topological polar surface area (TPSA) is 38.3 Å². The standard InChI is InChI=1S/C16H14BrNO2/c1-20-15-8-2-12(3-9-15)16(19)10-11-18-14-6-4-13(17)5-7-14/h2-11,18H,1H3/b11-10+. The largest absolute Gasteiger partial charge is 0.497 e. The normalized spacial score (nSPS) is 10.5. The van der Waals surface area contributed by atoms with Gasteiger partial charge in [-0.3, -0.25) is 4.79 Å². The Hall–Kier alpha value is -2.07. The number of benzene rings is 2. The molecule has 0 aliphatic heterocycles. The second-order valence-electron chi connectivity index (χ2n) is 4.08. The summed E-state index contributed by atoms with van der Waals surface area (Å²) in [5.74, 6) is 0.677. The van der Waals surface area contributed by atoms with Gasteiger partial charge in [-0.2, -0.15) is 0 Å². The van der Waals surface area contributed by atoms with Crippen LogP contribution in [0.4, 0.5) is 5.69 Å². The van der Waals surface area contributed by atoms with E-state index in [0.29, 0.717) is 5.56 Å². The van der Waals surface area contributed by atoms with Crippen molar-refractivity contribution in [1.29, 1.82) is 0 Å². The van der Waals surface area contributed by atoms with Crippen LogP contribution in [0.15, 0.2) is 65.3 Å². The maximum Gasteiger partial charge on any atom is 0.187 e. The average Bonchev–Trinajstić information content (AvgIpc) is 2.49. The molecule has 2 rings (SSSR count). The molecule has 0 saturated carbocycles. The number of carbonyl (C=O) groups is 1. The van der Waals surface area contributed by atoms with Gasteiger partial charge in [0.1, 0.15) is 5.75 Å². The van der Waals surface area contributed by atoms with E-state index in [1.807, 2.05) is 24.3 Å². The van der Waals surface area contributed by atoms with Crippen molar-refractivity contribution in [3.05, 3.63) is 70.8 Å². The van der Waals surface area contributed by atoms with E-state index in [1.54, 1.807) is 37.6 Å². The summed E-state index contributed by atoms with van der Waals surface area (Å²) in [4.78, 5) is 11.9. The average molecular weight is 332 g/mol. The highest BCUT2D eigenvalue weighted by Crippen LogP contribution is 2.14. The molecule has 2 aromatic rings. The number of carbonyl (C=O) groups excluding carboxylic acids is 1. The summed E-state index contributed by atoms with van der Waals surface area (Å²) in [6.07, 6.45) is 3.14. The highest BCUT2D eigenvalue weighted by molar-refractivity contribution is 9.10. The SMILES string of the molecule is COc1ccc(C(=O)/C=C/Nc2ccc(Br)cc2)cc1. The molecule has 3 nitrogen and oxygen atoms in total. The number of ether oxygens (including phenoxy) is 1. The van der Waals surface area contributed by atoms with Crippen molar-refractivity contribution in [2.75, 3.05) is 12.4 Å². The van der Waals surface area contributed by atoms with Gasteiger partial charge in [-0.15, -0.1) is 0 Å². The van der Waals surface area contributed by atoms with Crippen LogP contribution in [-0.4, -0.2) is 12.9 Å². The van der Waals surface area contributed by atoms with E-state index >= 15 is 0 Å². The molecule has 0 aliphatic carbocycles. The summed E-state index contributed by atoms with van der Waals surface area (Å²) in [5.41, 5.74) is 1.55. The van der Waals surface area contributed by atoms with E-state index in [2.05, 4.69) is 21.2 Å². The zero-order valence-electron chi connectivity index (χ0n) is 11.0. The van der Waals surface area contributed by atoms with E-state index < -0.39 is 0 Å². The lowest BCUT2D eigenvalue weighted by Gasteiger charge is -2.01. The van der Waals surface area contributed by atoms with Crippen molar-refractivity contribution in [2.45, 2.75) is 0 Å². The maximum atomic E-state index is 11.9. The summed E-state index contributed by atoms with van der Waals surface area (Å²) in [7, 11) is 1.60. The van der Waals surface area contributed by atoms with Gasteiger partial charge in [0, 0.05) is 28.0 Å². The number of hydrogen-bond acceptors (Lipinski definition) is 3. The fraction of sp³-hybridized carbons (Fsp3) is 0.0625. The fourth-order valence-electron chi connectivity index (χ4n) is 1.61. The first-order chi connectivity index (χ1) is 9.69. The predicted molar refractivity (Wildman–Crippen MR) is 84.2 cm³/mol. The number of anilines is 1. The number of nitrogens with one attached hydrogen (secondary N) is 1. The molecule has 0 aliphatic rings.